The van der Waals surface area contributed by atoms with Gasteiger partial charge in [-0.15, -0.1) is 0 Å². The van der Waals surface area contributed by atoms with E-state index in [1.54, 1.807) is 19.4 Å². The van der Waals surface area contributed by atoms with Crippen molar-refractivity contribution in [3.05, 3.63) is 40.7 Å². The summed E-state index contributed by atoms with van der Waals surface area (Å²) in [6, 6.07) is 5.74. The van der Waals surface area contributed by atoms with E-state index in [4.69, 9.17) is 26.5 Å². The van der Waals surface area contributed by atoms with E-state index in [9.17, 15) is 0 Å². The Morgan fingerprint density at radius 3 is 2.88 bits per heavy atom. The second kappa shape index (κ2) is 5.10. The van der Waals surface area contributed by atoms with Crippen molar-refractivity contribution in [1.29, 1.82) is 0 Å². The quantitative estimate of drug-likeness (QED) is 0.909. The summed E-state index contributed by atoms with van der Waals surface area (Å²) in [5, 5.41) is 0.692. The van der Waals surface area contributed by atoms with Gasteiger partial charge in [0.05, 0.1) is 13.3 Å². The number of methoxy groups -OCH3 is 1. The Bertz CT molecular complexity index is 511. The fraction of sp³-hybridized carbons (Fsp3) is 0.250. The minimum atomic E-state index is 0.193. The monoisotopic (exact) mass is 252 g/mol. The molecule has 0 saturated heterocycles. The van der Waals surface area contributed by atoms with Gasteiger partial charge < -0.3 is 14.9 Å². The number of aryl methyl sites for hydroxylation is 2. The fourth-order valence-corrected chi connectivity index (χ4v) is 1.83. The Kier molecular flexibility index (Phi) is 3.54. The number of nitrogen functional groups attached to an aromatic ring is 1. The molecule has 0 aliphatic heterocycles. The van der Waals surface area contributed by atoms with Gasteiger partial charge in [-0.1, -0.05) is 11.6 Å². The topological polar surface area (TPSA) is 61.3 Å². The molecule has 0 fully saturated rings. The molecule has 1 aromatic heterocycles. The van der Waals surface area contributed by atoms with Gasteiger partial charge in [0, 0.05) is 11.4 Å². The highest BCUT2D eigenvalue weighted by Gasteiger charge is 2.06. The number of halogens is 1. The maximum atomic E-state index is 5.95. The van der Waals surface area contributed by atoms with Gasteiger partial charge in [0.25, 0.3) is 6.01 Å². The van der Waals surface area contributed by atoms with Gasteiger partial charge in [-0.05, 0) is 30.2 Å². The third-order valence-electron chi connectivity index (χ3n) is 2.45. The summed E-state index contributed by atoms with van der Waals surface area (Å²) in [5.74, 6) is 1.58. The van der Waals surface area contributed by atoms with Gasteiger partial charge >= 0.3 is 0 Å². The highest BCUT2D eigenvalue weighted by Crippen LogP contribution is 2.24. The molecule has 2 N–H and O–H groups in total. The van der Waals surface area contributed by atoms with Gasteiger partial charge in [0.1, 0.15) is 11.5 Å². The summed E-state index contributed by atoms with van der Waals surface area (Å²) < 4.78 is 10.5. The van der Waals surface area contributed by atoms with Crippen LogP contribution in [-0.2, 0) is 12.8 Å². The van der Waals surface area contributed by atoms with Crippen molar-refractivity contribution in [2.45, 2.75) is 12.8 Å². The Morgan fingerprint density at radius 2 is 2.24 bits per heavy atom. The standard InChI is InChI=1S/C12H13ClN2O2/c1-16-11-5-3-9(13)6-8(11)2-4-10-7-15-12(14)17-10/h3,5-7H,2,4H2,1H3,(H2,14,15). The molecule has 0 bridgehead atoms. The molecule has 0 aliphatic carbocycles. The van der Waals surface area contributed by atoms with Gasteiger partial charge in [-0.3, -0.25) is 0 Å². The SMILES string of the molecule is COc1ccc(Cl)cc1CCc1cnc(N)o1. The number of nitrogens with zero attached hydrogens (tertiary/aromatic N) is 1. The summed E-state index contributed by atoms with van der Waals surface area (Å²) in [5.41, 5.74) is 6.44. The smallest absolute Gasteiger partial charge is 0.292 e. The van der Waals surface area contributed by atoms with Gasteiger partial charge in [-0.2, -0.15) is 0 Å². The number of hydrogen-bond acceptors (Lipinski definition) is 4. The molecule has 0 aliphatic rings. The average Bonchev–Trinajstić information content (AvgIpc) is 2.73. The van der Waals surface area contributed by atoms with Crippen molar-refractivity contribution in [2.75, 3.05) is 12.8 Å². The Labute approximate surface area is 104 Å². The zero-order valence-corrected chi connectivity index (χ0v) is 10.2. The number of rotatable bonds is 4. The molecule has 0 spiro atoms. The first-order valence-electron chi connectivity index (χ1n) is 5.21. The van der Waals surface area contributed by atoms with Crippen molar-refractivity contribution >= 4 is 17.6 Å². The minimum absolute atomic E-state index is 0.193. The molecular formula is C12H13ClN2O2. The minimum Gasteiger partial charge on any atom is -0.496 e. The van der Waals surface area contributed by atoms with E-state index in [2.05, 4.69) is 4.98 Å². The summed E-state index contributed by atoms with van der Waals surface area (Å²) in [6.45, 7) is 0. The van der Waals surface area contributed by atoms with Crippen molar-refractivity contribution in [2.24, 2.45) is 0 Å². The van der Waals surface area contributed by atoms with Crippen LogP contribution in [0, 0.1) is 0 Å². The molecule has 0 radical (unpaired) electrons. The maximum Gasteiger partial charge on any atom is 0.292 e. The van der Waals surface area contributed by atoms with Crippen LogP contribution in [0.2, 0.25) is 5.02 Å². The fourth-order valence-electron chi connectivity index (χ4n) is 1.64. The first kappa shape index (κ1) is 11.8. The first-order valence-corrected chi connectivity index (χ1v) is 5.59. The lowest BCUT2D eigenvalue weighted by Crippen LogP contribution is -1.95. The molecular weight excluding hydrogens is 240 g/mol. The molecule has 0 atom stereocenters. The van der Waals surface area contributed by atoms with Gasteiger partial charge in [0.15, 0.2) is 0 Å². The van der Waals surface area contributed by atoms with Gasteiger partial charge in [0.2, 0.25) is 0 Å². The third kappa shape index (κ3) is 2.91. The zero-order valence-electron chi connectivity index (χ0n) is 9.44. The van der Waals surface area contributed by atoms with E-state index in [1.165, 1.54) is 0 Å². The van der Waals surface area contributed by atoms with Crippen LogP contribution >= 0.6 is 11.6 Å². The van der Waals surface area contributed by atoms with E-state index in [1.807, 2.05) is 12.1 Å². The number of ether oxygens (including phenoxy) is 1. The second-order valence-corrected chi connectivity index (χ2v) is 4.06. The van der Waals surface area contributed by atoms with Crippen LogP contribution in [0.1, 0.15) is 11.3 Å². The van der Waals surface area contributed by atoms with Crippen molar-refractivity contribution in [1.82, 2.24) is 4.98 Å². The van der Waals surface area contributed by atoms with E-state index in [-0.39, 0.29) is 6.01 Å². The average molecular weight is 253 g/mol. The predicted octanol–water partition coefficient (Wildman–Crippen LogP) is 2.70. The molecule has 0 unspecified atom stereocenters. The van der Waals surface area contributed by atoms with Crippen LogP contribution in [0.5, 0.6) is 5.75 Å². The van der Waals surface area contributed by atoms with E-state index in [0.29, 0.717) is 11.4 Å². The number of benzene rings is 1. The van der Waals surface area contributed by atoms with E-state index < -0.39 is 0 Å². The first-order chi connectivity index (χ1) is 8.19. The molecule has 4 nitrogen and oxygen atoms in total. The number of hydrogen-bond donors (Lipinski definition) is 1. The molecule has 5 heteroatoms. The summed E-state index contributed by atoms with van der Waals surface area (Å²) in [7, 11) is 1.64. The van der Waals surface area contributed by atoms with Crippen LogP contribution in [-0.4, -0.2) is 12.1 Å². The van der Waals surface area contributed by atoms with Crippen LogP contribution in [0.3, 0.4) is 0 Å². The maximum absolute atomic E-state index is 5.95. The van der Waals surface area contributed by atoms with E-state index >= 15 is 0 Å². The molecule has 1 heterocycles. The van der Waals surface area contributed by atoms with Crippen molar-refractivity contribution in [3.63, 3.8) is 0 Å². The van der Waals surface area contributed by atoms with Crippen molar-refractivity contribution in [3.8, 4) is 5.75 Å². The lowest BCUT2D eigenvalue weighted by molar-refractivity contribution is 0.409. The highest BCUT2D eigenvalue weighted by molar-refractivity contribution is 6.30. The van der Waals surface area contributed by atoms with Crippen LogP contribution in [0.4, 0.5) is 6.01 Å². The van der Waals surface area contributed by atoms with Crippen LogP contribution < -0.4 is 10.5 Å². The summed E-state index contributed by atoms with van der Waals surface area (Å²) >= 11 is 5.95. The predicted molar refractivity (Wildman–Crippen MR) is 66.3 cm³/mol. The third-order valence-corrected chi connectivity index (χ3v) is 2.69. The molecule has 2 aromatic rings. The summed E-state index contributed by atoms with van der Waals surface area (Å²) in [4.78, 5) is 3.84. The Morgan fingerprint density at radius 1 is 1.41 bits per heavy atom. The molecule has 0 saturated carbocycles. The number of aromatic nitrogens is 1. The number of oxazole rings is 1. The second-order valence-electron chi connectivity index (χ2n) is 3.62. The highest BCUT2D eigenvalue weighted by atomic mass is 35.5. The normalized spacial score (nSPS) is 10.5. The lowest BCUT2D eigenvalue weighted by Gasteiger charge is -2.07. The summed E-state index contributed by atoms with van der Waals surface area (Å²) in [6.07, 6.45) is 3.10. The number of anilines is 1. The van der Waals surface area contributed by atoms with Crippen LogP contribution in [0.15, 0.2) is 28.8 Å². The number of nitrogens with two attached hydrogens (primary N) is 1. The molecule has 2 rings (SSSR count). The van der Waals surface area contributed by atoms with E-state index in [0.717, 1.165) is 23.5 Å². The molecule has 90 valence electrons. The Balaban J connectivity index is 2.10. The largest absolute Gasteiger partial charge is 0.496 e. The molecule has 17 heavy (non-hydrogen) atoms. The zero-order chi connectivity index (χ0) is 12.3. The Hall–Kier alpha value is -1.68. The van der Waals surface area contributed by atoms with Gasteiger partial charge in [-0.25, -0.2) is 4.98 Å². The van der Waals surface area contributed by atoms with Crippen LogP contribution in [0.25, 0.3) is 0 Å². The molecule has 0 amide bonds. The molecule has 1 aromatic carbocycles. The lowest BCUT2D eigenvalue weighted by atomic mass is 10.1. The van der Waals surface area contributed by atoms with Crippen molar-refractivity contribution < 1.29 is 9.15 Å².